The van der Waals surface area contributed by atoms with Gasteiger partial charge in [0.05, 0.1) is 17.4 Å². The fourth-order valence-corrected chi connectivity index (χ4v) is 2.78. The van der Waals surface area contributed by atoms with Crippen molar-refractivity contribution in [2.75, 3.05) is 13.1 Å². The normalized spacial score (nSPS) is 18.5. The van der Waals surface area contributed by atoms with Gasteiger partial charge in [0.15, 0.2) is 0 Å². The molecule has 2 N–H and O–H groups in total. The Kier molecular flexibility index (Phi) is 4.18. The summed E-state index contributed by atoms with van der Waals surface area (Å²) >= 11 is 0. The first-order valence-corrected chi connectivity index (χ1v) is 7.31. The lowest BCUT2D eigenvalue weighted by atomic mass is 10.0. The van der Waals surface area contributed by atoms with Gasteiger partial charge in [0.25, 0.3) is 0 Å². The number of aromatic carboxylic acids is 1. The van der Waals surface area contributed by atoms with Crippen LogP contribution in [0.2, 0.25) is 0 Å². The van der Waals surface area contributed by atoms with Crippen molar-refractivity contribution in [2.45, 2.75) is 19.1 Å². The average molecular weight is 298 g/mol. The molecule has 1 saturated heterocycles. The van der Waals surface area contributed by atoms with Crippen molar-refractivity contribution < 1.29 is 15.0 Å². The van der Waals surface area contributed by atoms with Crippen LogP contribution < -0.4 is 0 Å². The third kappa shape index (κ3) is 3.16. The summed E-state index contributed by atoms with van der Waals surface area (Å²) in [6, 6.07) is 10.7. The number of carboxylic acids is 1. The van der Waals surface area contributed by atoms with Gasteiger partial charge < -0.3 is 10.2 Å². The van der Waals surface area contributed by atoms with E-state index < -0.39 is 5.97 Å². The van der Waals surface area contributed by atoms with Gasteiger partial charge in [-0.1, -0.05) is 24.3 Å². The quantitative estimate of drug-likeness (QED) is 0.903. The van der Waals surface area contributed by atoms with Crippen LogP contribution in [0.25, 0.3) is 11.1 Å². The zero-order valence-corrected chi connectivity index (χ0v) is 12.1. The molecule has 1 aromatic heterocycles. The van der Waals surface area contributed by atoms with Crippen molar-refractivity contribution in [3.05, 3.63) is 53.9 Å². The van der Waals surface area contributed by atoms with E-state index in [0.717, 1.165) is 24.2 Å². The number of aromatic nitrogens is 1. The van der Waals surface area contributed by atoms with Gasteiger partial charge in [-0.15, -0.1) is 0 Å². The van der Waals surface area contributed by atoms with E-state index in [-0.39, 0.29) is 11.7 Å². The van der Waals surface area contributed by atoms with E-state index in [0.29, 0.717) is 18.7 Å². The van der Waals surface area contributed by atoms with Gasteiger partial charge in [0.2, 0.25) is 0 Å². The number of carboxylic acid groups (broad SMARTS) is 1. The molecule has 1 aliphatic heterocycles. The number of β-amino-alcohol motifs (C(OH)–C–C–N with tert-alkyl or cyclic N) is 1. The number of aliphatic hydroxyl groups is 1. The monoisotopic (exact) mass is 298 g/mol. The molecule has 22 heavy (non-hydrogen) atoms. The first-order valence-electron chi connectivity index (χ1n) is 7.31. The van der Waals surface area contributed by atoms with Crippen molar-refractivity contribution in [2.24, 2.45) is 0 Å². The van der Waals surface area contributed by atoms with Gasteiger partial charge in [0.1, 0.15) is 0 Å². The second-order valence-corrected chi connectivity index (χ2v) is 5.57. The molecule has 0 spiro atoms. The van der Waals surface area contributed by atoms with Crippen molar-refractivity contribution in [3.63, 3.8) is 0 Å². The van der Waals surface area contributed by atoms with Crippen LogP contribution in [-0.2, 0) is 6.54 Å². The zero-order valence-electron chi connectivity index (χ0n) is 12.1. The van der Waals surface area contributed by atoms with Crippen LogP contribution in [-0.4, -0.2) is 45.3 Å². The number of aliphatic hydroxyl groups excluding tert-OH is 1. The van der Waals surface area contributed by atoms with Crippen LogP contribution in [0, 0.1) is 0 Å². The summed E-state index contributed by atoms with van der Waals surface area (Å²) < 4.78 is 0. The molecule has 0 bridgehead atoms. The van der Waals surface area contributed by atoms with Gasteiger partial charge in [-0.05, 0) is 24.1 Å². The molecule has 0 radical (unpaired) electrons. The predicted octanol–water partition coefficient (Wildman–Crippen LogP) is 2.01. The summed E-state index contributed by atoms with van der Waals surface area (Å²) in [5.41, 5.74) is 2.67. The van der Waals surface area contributed by atoms with Crippen molar-refractivity contribution in [1.82, 2.24) is 9.88 Å². The Labute approximate surface area is 128 Å². The van der Waals surface area contributed by atoms with Crippen molar-refractivity contribution in [3.8, 4) is 11.1 Å². The predicted molar refractivity (Wildman–Crippen MR) is 82.5 cm³/mol. The maximum atomic E-state index is 11.3. The minimum absolute atomic E-state index is 0.235. The molecule has 3 rings (SSSR count). The van der Waals surface area contributed by atoms with E-state index in [4.69, 9.17) is 0 Å². The number of nitrogens with zero attached hydrogens (tertiary/aromatic N) is 2. The molecule has 0 amide bonds. The molecular formula is C17H18N2O3. The molecule has 5 heteroatoms. The van der Waals surface area contributed by atoms with Crippen LogP contribution in [0.1, 0.15) is 22.5 Å². The first-order chi connectivity index (χ1) is 10.6. The summed E-state index contributed by atoms with van der Waals surface area (Å²) in [5.74, 6) is -0.939. The van der Waals surface area contributed by atoms with Crippen molar-refractivity contribution >= 4 is 5.97 Å². The third-order valence-corrected chi connectivity index (χ3v) is 3.93. The van der Waals surface area contributed by atoms with E-state index in [1.807, 2.05) is 18.2 Å². The summed E-state index contributed by atoms with van der Waals surface area (Å²) in [6.45, 7) is 2.27. The molecule has 1 atom stereocenters. The molecule has 0 unspecified atom stereocenters. The van der Waals surface area contributed by atoms with Crippen LogP contribution in [0.4, 0.5) is 0 Å². The Morgan fingerprint density at radius 1 is 1.27 bits per heavy atom. The summed E-state index contributed by atoms with van der Waals surface area (Å²) in [7, 11) is 0. The number of likely N-dealkylation sites (tertiary alicyclic amines) is 1. The Morgan fingerprint density at radius 3 is 2.73 bits per heavy atom. The number of hydrogen-bond donors (Lipinski definition) is 2. The molecule has 1 aliphatic rings. The Morgan fingerprint density at radius 2 is 2.09 bits per heavy atom. The van der Waals surface area contributed by atoms with Crippen LogP contribution >= 0.6 is 0 Å². The number of benzene rings is 1. The number of pyridine rings is 1. The first kappa shape index (κ1) is 14.7. The highest BCUT2D eigenvalue weighted by Crippen LogP contribution is 2.23. The molecule has 5 nitrogen and oxygen atoms in total. The van der Waals surface area contributed by atoms with Gasteiger partial charge >= 0.3 is 5.97 Å². The van der Waals surface area contributed by atoms with E-state index in [9.17, 15) is 15.0 Å². The number of rotatable bonds is 4. The largest absolute Gasteiger partial charge is 0.478 e. The standard InChI is InChI=1S/C17H18N2O3/c20-14-7-8-19(11-14)10-13-6-5-12(9-18-13)15-3-1-2-4-16(15)17(21)22/h1-6,9,14,20H,7-8,10-11H2,(H,21,22)/t14-/m0/s1. The number of hydrogen-bond acceptors (Lipinski definition) is 4. The molecule has 1 aromatic carbocycles. The van der Waals surface area contributed by atoms with E-state index in [1.54, 1.807) is 24.4 Å². The highest BCUT2D eigenvalue weighted by atomic mass is 16.4. The Bertz CT molecular complexity index is 670. The summed E-state index contributed by atoms with van der Waals surface area (Å²) in [5, 5.41) is 18.8. The minimum atomic E-state index is -0.939. The zero-order chi connectivity index (χ0) is 15.5. The lowest BCUT2D eigenvalue weighted by Gasteiger charge is -2.14. The average Bonchev–Trinajstić information content (AvgIpc) is 2.93. The summed E-state index contributed by atoms with van der Waals surface area (Å²) in [4.78, 5) is 17.9. The fourth-order valence-electron chi connectivity index (χ4n) is 2.78. The third-order valence-electron chi connectivity index (χ3n) is 3.93. The smallest absolute Gasteiger partial charge is 0.336 e. The molecule has 2 heterocycles. The lowest BCUT2D eigenvalue weighted by molar-refractivity contribution is 0.0697. The Balaban J connectivity index is 1.78. The number of carbonyl (C=O) groups is 1. The molecule has 0 saturated carbocycles. The molecule has 2 aromatic rings. The Hall–Kier alpha value is -2.24. The molecule has 1 fully saturated rings. The van der Waals surface area contributed by atoms with Gasteiger partial charge in [-0.25, -0.2) is 4.79 Å². The lowest BCUT2D eigenvalue weighted by Crippen LogP contribution is -2.21. The topological polar surface area (TPSA) is 73.7 Å². The summed E-state index contributed by atoms with van der Waals surface area (Å²) in [6.07, 6.45) is 2.29. The van der Waals surface area contributed by atoms with Gasteiger partial charge in [-0.2, -0.15) is 0 Å². The van der Waals surface area contributed by atoms with Crippen LogP contribution in [0.5, 0.6) is 0 Å². The van der Waals surface area contributed by atoms with Crippen molar-refractivity contribution in [1.29, 1.82) is 0 Å². The fraction of sp³-hybridized carbons (Fsp3) is 0.294. The highest BCUT2D eigenvalue weighted by molar-refractivity contribution is 5.95. The van der Waals surface area contributed by atoms with E-state index in [2.05, 4.69) is 9.88 Å². The SMILES string of the molecule is O=C(O)c1ccccc1-c1ccc(CN2CC[C@H](O)C2)nc1. The highest BCUT2D eigenvalue weighted by Gasteiger charge is 2.20. The van der Waals surface area contributed by atoms with Crippen LogP contribution in [0.15, 0.2) is 42.6 Å². The van der Waals surface area contributed by atoms with E-state index >= 15 is 0 Å². The molecule has 114 valence electrons. The molecular weight excluding hydrogens is 280 g/mol. The van der Waals surface area contributed by atoms with Gasteiger partial charge in [-0.3, -0.25) is 9.88 Å². The minimum Gasteiger partial charge on any atom is -0.478 e. The molecule has 0 aliphatic carbocycles. The second kappa shape index (κ2) is 6.25. The second-order valence-electron chi connectivity index (χ2n) is 5.57. The van der Waals surface area contributed by atoms with Gasteiger partial charge in [0, 0.05) is 31.4 Å². The van der Waals surface area contributed by atoms with Crippen LogP contribution in [0.3, 0.4) is 0 Å². The maximum absolute atomic E-state index is 11.3. The van der Waals surface area contributed by atoms with E-state index in [1.165, 1.54) is 0 Å². The maximum Gasteiger partial charge on any atom is 0.336 e.